The Balaban J connectivity index is 1.46. The molecule has 1 N–H and O–H groups in total. The van der Waals surface area contributed by atoms with Crippen LogP contribution in [-0.2, 0) is 17.1 Å². The molecule has 0 fully saturated rings. The highest BCUT2D eigenvalue weighted by molar-refractivity contribution is 7.99. The topological polar surface area (TPSA) is 77.2 Å². The number of thioether (sulfide) groups is 1. The number of hydrogen-bond acceptors (Lipinski definition) is 7. The van der Waals surface area contributed by atoms with Crippen molar-refractivity contribution in [3.8, 4) is 17.1 Å². The van der Waals surface area contributed by atoms with Crippen molar-refractivity contribution in [2.45, 2.75) is 12.3 Å². The lowest BCUT2D eigenvalue weighted by Gasteiger charge is -2.02. The van der Waals surface area contributed by atoms with Gasteiger partial charge in [-0.1, -0.05) is 23.4 Å². The summed E-state index contributed by atoms with van der Waals surface area (Å²) in [6.45, 7) is 0.567. The van der Waals surface area contributed by atoms with Crippen LogP contribution in [0.15, 0.2) is 46.3 Å². The monoisotopic (exact) mass is 375 g/mol. The maximum absolute atomic E-state index is 11.8. The SMILES string of the molecule is COc1cccc(-c2noc(CSCC(=O)NCc3cccs3)n2)c1. The minimum absolute atomic E-state index is 0.00839. The van der Waals surface area contributed by atoms with E-state index in [0.717, 1.165) is 16.2 Å². The molecule has 0 aliphatic heterocycles. The average Bonchev–Trinajstić information content (AvgIpc) is 3.32. The molecule has 0 saturated heterocycles. The second kappa shape index (κ2) is 8.68. The number of amides is 1. The van der Waals surface area contributed by atoms with Crippen LogP contribution >= 0.6 is 23.1 Å². The van der Waals surface area contributed by atoms with Gasteiger partial charge in [0, 0.05) is 10.4 Å². The standard InChI is InChI=1S/C17H17N3O3S2/c1-22-13-5-2-4-12(8-13)17-19-16(23-20-17)11-24-10-15(21)18-9-14-6-3-7-25-14/h2-8H,9-11H2,1H3,(H,18,21). The fraction of sp³-hybridized carbons (Fsp3) is 0.235. The summed E-state index contributed by atoms with van der Waals surface area (Å²) in [4.78, 5) is 17.3. The quantitative estimate of drug-likeness (QED) is 0.651. The second-order valence-electron chi connectivity index (χ2n) is 5.09. The second-order valence-corrected chi connectivity index (χ2v) is 7.11. The largest absolute Gasteiger partial charge is 0.497 e. The van der Waals surface area contributed by atoms with Crippen molar-refractivity contribution in [2.75, 3.05) is 12.9 Å². The molecule has 0 aliphatic rings. The number of benzene rings is 1. The Morgan fingerprint density at radius 3 is 3.08 bits per heavy atom. The predicted molar refractivity (Wildman–Crippen MR) is 98.6 cm³/mol. The van der Waals surface area contributed by atoms with Crippen LogP contribution < -0.4 is 10.1 Å². The normalized spacial score (nSPS) is 10.6. The van der Waals surface area contributed by atoms with E-state index in [-0.39, 0.29) is 5.91 Å². The van der Waals surface area contributed by atoms with Gasteiger partial charge < -0.3 is 14.6 Å². The molecule has 3 aromatic rings. The van der Waals surface area contributed by atoms with E-state index >= 15 is 0 Å². The van der Waals surface area contributed by atoms with E-state index in [2.05, 4.69) is 15.5 Å². The number of nitrogens with zero attached hydrogens (tertiary/aromatic N) is 2. The number of hydrogen-bond donors (Lipinski definition) is 1. The van der Waals surface area contributed by atoms with E-state index in [4.69, 9.17) is 9.26 Å². The average molecular weight is 375 g/mol. The van der Waals surface area contributed by atoms with Gasteiger partial charge in [0.15, 0.2) is 0 Å². The summed E-state index contributed by atoms with van der Waals surface area (Å²) in [6, 6.07) is 11.4. The van der Waals surface area contributed by atoms with Crippen LogP contribution in [0.4, 0.5) is 0 Å². The van der Waals surface area contributed by atoms with Crippen molar-refractivity contribution in [3.63, 3.8) is 0 Å². The molecule has 2 heterocycles. The first-order valence-electron chi connectivity index (χ1n) is 7.58. The van der Waals surface area contributed by atoms with Crippen LogP contribution in [0.5, 0.6) is 5.75 Å². The van der Waals surface area contributed by atoms with Gasteiger partial charge in [-0.25, -0.2) is 0 Å². The van der Waals surface area contributed by atoms with Crippen molar-refractivity contribution in [1.82, 2.24) is 15.5 Å². The van der Waals surface area contributed by atoms with Gasteiger partial charge in [-0.15, -0.1) is 23.1 Å². The highest BCUT2D eigenvalue weighted by atomic mass is 32.2. The molecule has 0 radical (unpaired) electrons. The third-order valence-electron chi connectivity index (χ3n) is 3.29. The van der Waals surface area contributed by atoms with Crippen LogP contribution in [0.3, 0.4) is 0 Å². The maximum Gasteiger partial charge on any atom is 0.236 e. The van der Waals surface area contributed by atoms with Gasteiger partial charge in [-0.3, -0.25) is 4.79 Å². The third kappa shape index (κ3) is 5.07. The molecule has 6 nitrogen and oxygen atoms in total. The van der Waals surface area contributed by atoms with Gasteiger partial charge in [-0.05, 0) is 23.6 Å². The van der Waals surface area contributed by atoms with Crippen LogP contribution in [0.25, 0.3) is 11.4 Å². The molecule has 1 amide bonds. The summed E-state index contributed by atoms with van der Waals surface area (Å²) in [6.07, 6.45) is 0. The zero-order valence-corrected chi connectivity index (χ0v) is 15.2. The van der Waals surface area contributed by atoms with Gasteiger partial charge in [0.2, 0.25) is 17.6 Å². The van der Waals surface area contributed by atoms with Gasteiger partial charge in [-0.2, -0.15) is 4.98 Å². The van der Waals surface area contributed by atoms with E-state index < -0.39 is 0 Å². The number of rotatable bonds is 8. The minimum atomic E-state index is -0.00839. The smallest absolute Gasteiger partial charge is 0.236 e. The fourth-order valence-electron chi connectivity index (χ4n) is 2.07. The molecule has 3 rings (SSSR count). The highest BCUT2D eigenvalue weighted by Crippen LogP contribution is 2.22. The summed E-state index contributed by atoms with van der Waals surface area (Å²) < 4.78 is 10.4. The molecule has 0 saturated carbocycles. The van der Waals surface area contributed by atoms with Crippen molar-refractivity contribution >= 4 is 29.0 Å². The molecule has 0 atom stereocenters. The number of methoxy groups -OCH3 is 1. The van der Waals surface area contributed by atoms with Gasteiger partial charge in [0.25, 0.3) is 0 Å². The van der Waals surface area contributed by atoms with Crippen LogP contribution in [0.1, 0.15) is 10.8 Å². The molecule has 1 aromatic carbocycles. The Bertz CT molecular complexity index is 818. The van der Waals surface area contributed by atoms with Crippen molar-refractivity contribution in [1.29, 1.82) is 0 Å². The summed E-state index contributed by atoms with van der Waals surface area (Å²) in [5.74, 6) is 2.57. The Kier molecular flexibility index (Phi) is 6.08. The fourth-order valence-corrected chi connectivity index (χ4v) is 3.40. The predicted octanol–water partition coefficient (Wildman–Crippen LogP) is 3.36. The third-order valence-corrected chi connectivity index (χ3v) is 5.09. The molecule has 0 unspecified atom stereocenters. The number of aromatic nitrogens is 2. The number of nitrogens with one attached hydrogen (secondary N) is 1. The summed E-state index contributed by atoms with van der Waals surface area (Å²) >= 11 is 3.06. The number of carbonyl (C=O) groups excluding carboxylic acids is 1. The van der Waals surface area contributed by atoms with Crippen LogP contribution in [0, 0.1) is 0 Å². The molecular weight excluding hydrogens is 358 g/mol. The van der Waals surface area contributed by atoms with Gasteiger partial charge in [0.1, 0.15) is 5.75 Å². The number of carbonyl (C=O) groups is 1. The van der Waals surface area contributed by atoms with Crippen molar-refractivity contribution in [3.05, 3.63) is 52.5 Å². The lowest BCUT2D eigenvalue weighted by Crippen LogP contribution is -2.24. The highest BCUT2D eigenvalue weighted by Gasteiger charge is 2.10. The maximum atomic E-state index is 11.8. The Hall–Kier alpha value is -2.32. The van der Waals surface area contributed by atoms with Gasteiger partial charge >= 0.3 is 0 Å². The Labute approximate surface area is 153 Å². The van der Waals surface area contributed by atoms with Crippen LogP contribution in [0.2, 0.25) is 0 Å². The van der Waals surface area contributed by atoms with Crippen molar-refractivity contribution in [2.24, 2.45) is 0 Å². The molecule has 0 bridgehead atoms. The van der Waals surface area contributed by atoms with E-state index in [9.17, 15) is 4.79 Å². The first-order valence-corrected chi connectivity index (χ1v) is 9.62. The first kappa shape index (κ1) is 17.5. The van der Waals surface area contributed by atoms with E-state index in [1.54, 1.807) is 18.4 Å². The molecule has 0 spiro atoms. The zero-order valence-electron chi connectivity index (χ0n) is 13.6. The summed E-state index contributed by atoms with van der Waals surface area (Å²) in [5, 5.41) is 8.85. The minimum Gasteiger partial charge on any atom is -0.497 e. The zero-order chi connectivity index (χ0) is 17.5. The van der Waals surface area contributed by atoms with Crippen molar-refractivity contribution < 1.29 is 14.1 Å². The number of ether oxygens (including phenoxy) is 1. The number of thiophene rings is 1. The molecule has 130 valence electrons. The van der Waals surface area contributed by atoms with Gasteiger partial charge in [0.05, 0.1) is 25.2 Å². The lowest BCUT2D eigenvalue weighted by molar-refractivity contribution is -0.118. The molecular formula is C17H17N3O3S2. The Morgan fingerprint density at radius 1 is 1.36 bits per heavy atom. The molecule has 0 aliphatic carbocycles. The van der Waals surface area contributed by atoms with E-state index in [1.165, 1.54) is 11.8 Å². The lowest BCUT2D eigenvalue weighted by atomic mass is 10.2. The Morgan fingerprint density at radius 2 is 2.28 bits per heavy atom. The van der Waals surface area contributed by atoms with E-state index in [1.807, 2.05) is 41.8 Å². The van der Waals surface area contributed by atoms with E-state index in [0.29, 0.717) is 29.8 Å². The summed E-state index contributed by atoms with van der Waals surface area (Å²) in [5.41, 5.74) is 0.827. The molecule has 8 heteroatoms. The molecule has 25 heavy (non-hydrogen) atoms. The van der Waals surface area contributed by atoms with Crippen LogP contribution in [-0.4, -0.2) is 28.9 Å². The molecule has 2 aromatic heterocycles. The first-order chi connectivity index (χ1) is 12.2. The summed E-state index contributed by atoms with van der Waals surface area (Å²) in [7, 11) is 1.61.